The van der Waals surface area contributed by atoms with E-state index in [4.69, 9.17) is 4.98 Å². The van der Waals surface area contributed by atoms with E-state index in [2.05, 4.69) is 14.9 Å². The number of rotatable bonds is 4. The predicted molar refractivity (Wildman–Crippen MR) is 88.1 cm³/mol. The molecule has 0 saturated heterocycles. The summed E-state index contributed by atoms with van der Waals surface area (Å²) in [6.07, 6.45) is 5.23. The van der Waals surface area contributed by atoms with Gasteiger partial charge in [0.15, 0.2) is 0 Å². The van der Waals surface area contributed by atoms with Crippen molar-refractivity contribution in [3.05, 3.63) is 46.2 Å². The molecule has 4 rings (SSSR count). The van der Waals surface area contributed by atoms with Crippen LogP contribution in [-0.4, -0.2) is 19.6 Å². The van der Waals surface area contributed by atoms with Crippen LogP contribution in [0, 0.1) is 0 Å². The highest BCUT2D eigenvalue weighted by molar-refractivity contribution is 7.09. The first-order valence-electron chi connectivity index (χ1n) is 7.84. The van der Waals surface area contributed by atoms with Crippen molar-refractivity contribution in [2.75, 3.05) is 0 Å². The molecule has 1 aliphatic carbocycles. The van der Waals surface area contributed by atoms with Gasteiger partial charge in [0, 0.05) is 11.3 Å². The van der Waals surface area contributed by atoms with Crippen LogP contribution in [0.4, 0.5) is 0 Å². The van der Waals surface area contributed by atoms with E-state index in [1.54, 1.807) is 11.3 Å². The van der Waals surface area contributed by atoms with Crippen LogP contribution in [0.5, 0.6) is 0 Å². The van der Waals surface area contributed by atoms with Crippen LogP contribution >= 0.6 is 11.3 Å². The van der Waals surface area contributed by atoms with Gasteiger partial charge in [0.05, 0.1) is 28.3 Å². The first kappa shape index (κ1) is 13.9. The topological polar surface area (TPSA) is 50.9 Å². The van der Waals surface area contributed by atoms with Crippen molar-refractivity contribution < 1.29 is 5.11 Å². The Kier molecular flexibility index (Phi) is 3.68. The smallest absolute Gasteiger partial charge is 0.136 e. The Balaban J connectivity index is 1.65. The number of hydrogen-bond acceptors (Lipinski definition) is 4. The Morgan fingerprint density at radius 2 is 2.00 bits per heavy atom. The lowest BCUT2D eigenvalue weighted by Gasteiger charge is -2.06. The molecule has 4 nitrogen and oxygen atoms in total. The zero-order chi connectivity index (χ0) is 14.9. The molecule has 0 bridgehead atoms. The number of benzene rings is 1. The maximum Gasteiger partial charge on any atom is 0.136 e. The van der Waals surface area contributed by atoms with E-state index in [-0.39, 0.29) is 6.61 Å². The minimum absolute atomic E-state index is 0.0473. The molecule has 1 saturated carbocycles. The van der Waals surface area contributed by atoms with E-state index in [0.717, 1.165) is 16.7 Å². The lowest BCUT2D eigenvalue weighted by molar-refractivity contribution is 0.267. The summed E-state index contributed by atoms with van der Waals surface area (Å²) in [6.45, 7) is 0.633. The van der Waals surface area contributed by atoms with Crippen molar-refractivity contribution in [3.8, 4) is 0 Å². The van der Waals surface area contributed by atoms with Crippen LogP contribution < -0.4 is 0 Å². The van der Waals surface area contributed by atoms with Crippen molar-refractivity contribution >= 4 is 22.4 Å². The summed E-state index contributed by atoms with van der Waals surface area (Å²) in [5, 5.41) is 13.0. The first-order chi connectivity index (χ1) is 10.8. The summed E-state index contributed by atoms with van der Waals surface area (Å²) >= 11 is 1.78. The molecule has 0 atom stereocenters. The number of hydrogen-bond donors (Lipinski definition) is 1. The molecule has 0 amide bonds. The lowest BCUT2D eigenvalue weighted by Crippen LogP contribution is -2.05. The van der Waals surface area contributed by atoms with Gasteiger partial charge in [-0.1, -0.05) is 25.0 Å². The van der Waals surface area contributed by atoms with Crippen LogP contribution in [0.2, 0.25) is 0 Å². The van der Waals surface area contributed by atoms with Crippen LogP contribution in [0.25, 0.3) is 11.0 Å². The molecule has 0 spiro atoms. The summed E-state index contributed by atoms with van der Waals surface area (Å²) in [5.74, 6) is 1.37. The number of aliphatic hydroxyl groups is 1. The summed E-state index contributed by atoms with van der Waals surface area (Å²) in [7, 11) is 0. The standard InChI is InChI=1S/C17H19N3OS/c21-10-16-19-14-7-3-4-8-15(14)20(16)9-13-11-22-17(18-13)12-5-1-2-6-12/h3-4,7-8,11-12,21H,1-2,5-6,9-10H2. The number of para-hydroxylation sites is 2. The van der Waals surface area contributed by atoms with Crippen molar-refractivity contribution in [1.29, 1.82) is 0 Å². The molecule has 1 aliphatic rings. The molecule has 1 aromatic carbocycles. The number of thiazole rings is 1. The van der Waals surface area contributed by atoms with Gasteiger partial charge in [-0.2, -0.15) is 0 Å². The van der Waals surface area contributed by atoms with Crippen molar-refractivity contribution in [1.82, 2.24) is 14.5 Å². The number of imidazole rings is 1. The molecular weight excluding hydrogens is 294 g/mol. The summed E-state index contributed by atoms with van der Waals surface area (Å²) < 4.78 is 2.07. The third kappa shape index (κ3) is 2.44. The zero-order valence-electron chi connectivity index (χ0n) is 12.4. The minimum atomic E-state index is -0.0473. The van der Waals surface area contributed by atoms with E-state index in [9.17, 15) is 5.11 Å². The molecule has 114 valence electrons. The van der Waals surface area contributed by atoms with Gasteiger partial charge in [0.1, 0.15) is 12.4 Å². The zero-order valence-corrected chi connectivity index (χ0v) is 13.2. The van der Waals surface area contributed by atoms with E-state index in [1.807, 2.05) is 24.3 Å². The monoisotopic (exact) mass is 313 g/mol. The van der Waals surface area contributed by atoms with E-state index in [1.165, 1.54) is 30.7 Å². The second-order valence-electron chi connectivity index (χ2n) is 5.92. The molecule has 2 heterocycles. The second-order valence-corrected chi connectivity index (χ2v) is 6.81. The van der Waals surface area contributed by atoms with E-state index in [0.29, 0.717) is 18.3 Å². The quantitative estimate of drug-likeness (QED) is 0.799. The van der Waals surface area contributed by atoms with Gasteiger partial charge in [-0.05, 0) is 25.0 Å². The SMILES string of the molecule is OCc1nc2ccccc2n1Cc1csc(C2CCCC2)n1. The van der Waals surface area contributed by atoms with Gasteiger partial charge in [0.2, 0.25) is 0 Å². The summed E-state index contributed by atoms with van der Waals surface area (Å²) in [4.78, 5) is 9.34. The van der Waals surface area contributed by atoms with Crippen molar-refractivity contribution in [3.63, 3.8) is 0 Å². The molecule has 1 fully saturated rings. The summed E-state index contributed by atoms with van der Waals surface area (Å²) in [5.41, 5.74) is 3.06. The Labute approximate surface area is 133 Å². The maximum atomic E-state index is 9.57. The van der Waals surface area contributed by atoms with Crippen LogP contribution in [0.15, 0.2) is 29.6 Å². The number of nitrogens with zero attached hydrogens (tertiary/aromatic N) is 3. The van der Waals surface area contributed by atoms with Crippen LogP contribution in [0.1, 0.15) is 48.1 Å². The third-order valence-corrected chi connectivity index (χ3v) is 5.53. The average molecular weight is 313 g/mol. The highest BCUT2D eigenvalue weighted by atomic mass is 32.1. The second kappa shape index (κ2) is 5.82. The number of aliphatic hydroxyl groups excluding tert-OH is 1. The number of fused-ring (bicyclic) bond motifs is 1. The van der Waals surface area contributed by atoms with Gasteiger partial charge in [-0.25, -0.2) is 9.97 Å². The highest BCUT2D eigenvalue weighted by Gasteiger charge is 2.20. The van der Waals surface area contributed by atoms with Crippen LogP contribution in [0.3, 0.4) is 0 Å². The Morgan fingerprint density at radius 1 is 1.18 bits per heavy atom. The first-order valence-corrected chi connectivity index (χ1v) is 8.72. The van der Waals surface area contributed by atoms with Gasteiger partial charge >= 0.3 is 0 Å². The lowest BCUT2D eigenvalue weighted by atomic mass is 10.1. The Bertz CT molecular complexity index is 786. The van der Waals surface area contributed by atoms with Crippen molar-refractivity contribution in [2.24, 2.45) is 0 Å². The molecule has 0 aliphatic heterocycles. The molecule has 2 aromatic heterocycles. The fraction of sp³-hybridized carbons (Fsp3) is 0.412. The molecular formula is C17H19N3OS. The molecule has 0 radical (unpaired) electrons. The number of aromatic nitrogens is 3. The minimum Gasteiger partial charge on any atom is -0.388 e. The normalized spacial score (nSPS) is 15.9. The van der Waals surface area contributed by atoms with Crippen molar-refractivity contribution in [2.45, 2.75) is 44.8 Å². The molecule has 3 aromatic rings. The molecule has 5 heteroatoms. The van der Waals surface area contributed by atoms with Gasteiger partial charge in [-0.3, -0.25) is 0 Å². The average Bonchev–Trinajstić information content (AvgIpc) is 3.27. The van der Waals surface area contributed by atoms with Gasteiger partial charge in [-0.15, -0.1) is 11.3 Å². The Hall–Kier alpha value is -1.72. The van der Waals surface area contributed by atoms with Gasteiger partial charge < -0.3 is 9.67 Å². The summed E-state index contributed by atoms with van der Waals surface area (Å²) in [6, 6.07) is 8.01. The maximum absolute atomic E-state index is 9.57. The van der Waals surface area contributed by atoms with E-state index >= 15 is 0 Å². The van der Waals surface area contributed by atoms with E-state index < -0.39 is 0 Å². The van der Waals surface area contributed by atoms with Gasteiger partial charge in [0.25, 0.3) is 0 Å². The predicted octanol–water partition coefficient (Wildman–Crippen LogP) is 3.69. The third-order valence-electron chi connectivity index (χ3n) is 4.47. The van der Waals surface area contributed by atoms with Crippen LogP contribution in [-0.2, 0) is 13.2 Å². The molecule has 1 N–H and O–H groups in total. The Morgan fingerprint density at radius 3 is 2.82 bits per heavy atom. The fourth-order valence-corrected chi connectivity index (χ4v) is 4.32. The fourth-order valence-electron chi connectivity index (χ4n) is 3.34. The molecule has 0 unspecified atom stereocenters. The highest BCUT2D eigenvalue weighted by Crippen LogP contribution is 2.35. The largest absolute Gasteiger partial charge is 0.388 e. The molecule has 22 heavy (non-hydrogen) atoms.